The zero-order chi connectivity index (χ0) is 12.5. The van der Waals surface area contributed by atoms with Gasteiger partial charge in [-0.1, -0.05) is 46.0 Å². The van der Waals surface area contributed by atoms with Gasteiger partial charge >= 0.3 is 0 Å². The van der Waals surface area contributed by atoms with Gasteiger partial charge in [-0.25, -0.2) is 0 Å². The van der Waals surface area contributed by atoms with Gasteiger partial charge in [-0.15, -0.1) is 0 Å². The molecule has 1 heterocycles. The van der Waals surface area contributed by atoms with Gasteiger partial charge in [-0.05, 0) is 26.0 Å². The average Bonchev–Trinajstić information content (AvgIpc) is 2.74. The molecule has 0 aliphatic heterocycles. The Morgan fingerprint density at radius 2 is 1.94 bits per heavy atom. The molecule has 0 saturated heterocycles. The second-order valence-corrected chi connectivity index (χ2v) is 4.80. The van der Waals surface area contributed by atoms with E-state index in [9.17, 15) is 0 Å². The summed E-state index contributed by atoms with van der Waals surface area (Å²) < 4.78 is 5.40. The summed E-state index contributed by atoms with van der Waals surface area (Å²) in [7, 11) is 0. The van der Waals surface area contributed by atoms with Crippen LogP contribution >= 0.6 is 0 Å². The van der Waals surface area contributed by atoms with Crippen molar-refractivity contribution in [2.75, 3.05) is 6.54 Å². The van der Waals surface area contributed by atoms with Crippen molar-refractivity contribution >= 4 is 0 Å². The molecule has 2 nitrogen and oxygen atoms in total. The van der Waals surface area contributed by atoms with Crippen LogP contribution in [-0.2, 0) is 0 Å². The topological polar surface area (TPSA) is 25.2 Å². The fraction of sp³-hybridized carbons (Fsp3) is 0.733. The highest BCUT2D eigenvalue weighted by molar-refractivity contribution is 5.16. The molecule has 1 rings (SSSR count). The molecule has 0 amide bonds. The number of rotatable bonds is 9. The molecule has 0 aliphatic rings. The standard InChI is InChI=1S/C15H27NO/c1-4-6-7-8-9-10-15(16-5-2)14-11-13(3)17-12-14/h11-12,15-16H,4-10H2,1-3H3. The van der Waals surface area contributed by atoms with Crippen molar-refractivity contribution in [3.8, 4) is 0 Å². The van der Waals surface area contributed by atoms with E-state index in [4.69, 9.17) is 4.42 Å². The van der Waals surface area contributed by atoms with E-state index in [0.717, 1.165) is 12.3 Å². The van der Waals surface area contributed by atoms with Crippen LogP contribution in [0.5, 0.6) is 0 Å². The van der Waals surface area contributed by atoms with Gasteiger partial charge in [0.2, 0.25) is 0 Å². The van der Waals surface area contributed by atoms with Gasteiger partial charge in [0, 0.05) is 11.6 Å². The van der Waals surface area contributed by atoms with Gasteiger partial charge in [0.05, 0.1) is 6.26 Å². The van der Waals surface area contributed by atoms with Crippen LogP contribution in [0, 0.1) is 6.92 Å². The Bertz CT molecular complexity index is 293. The molecular formula is C15H27NO. The normalized spacial score (nSPS) is 12.9. The minimum absolute atomic E-state index is 0.471. The first-order valence-electron chi connectivity index (χ1n) is 7.06. The van der Waals surface area contributed by atoms with Crippen LogP contribution in [0.4, 0.5) is 0 Å². The van der Waals surface area contributed by atoms with Crippen LogP contribution in [0.25, 0.3) is 0 Å². The van der Waals surface area contributed by atoms with Crippen LogP contribution in [0.15, 0.2) is 16.7 Å². The number of hydrogen-bond donors (Lipinski definition) is 1. The predicted octanol–water partition coefficient (Wildman–Crippen LogP) is 4.60. The van der Waals surface area contributed by atoms with E-state index in [2.05, 4.69) is 25.2 Å². The van der Waals surface area contributed by atoms with Gasteiger partial charge in [0.1, 0.15) is 5.76 Å². The lowest BCUT2D eigenvalue weighted by atomic mass is 10.0. The summed E-state index contributed by atoms with van der Waals surface area (Å²) >= 11 is 0. The van der Waals surface area contributed by atoms with E-state index in [0.29, 0.717) is 6.04 Å². The summed E-state index contributed by atoms with van der Waals surface area (Å²) in [5.74, 6) is 1.01. The zero-order valence-electron chi connectivity index (χ0n) is 11.6. The molecule has 1 aromatic heterocycles. The molecule has 17 heavy (non-hydrogen) atoms. The third kappa shape index (κ3) is 5.40. The Balaban J connectivity index is 2.33. The number of unbranched alkanes of at least 4 members (excludes halogenated alkanes) is 4. The van der Waals surface area contributed by atoms with Crippen molar-refractivity contribution < 1.29 is 4.42 Å². The second kappa shape index (κ2) is 8.35. The Hall–Kier alpha value is -0.760. The quantitative estimate of drug-likeness (QED) is 0.635. The molecule has 0 saturated carbocycles. The Morgan fingerprint density at radius 1 is 1.18 bits per heavy atom. The van der Waals surface area contributed by atoms with Gasteiger partial charge in [0.15, 0.2) is 0 Å². The molecular weight excluding hydrogens is 210 g/mol. The molecule has 2 heteroatoms. The number of aryl methyl sites for hydroxylation is 1. The molecule has 1 unspecified atom stereocenters. The summed E-state index contributed by atoms with van der Waals surface area (Å²) in [5, 5.41) is 3.54. The highest BCUT2D eigenvalue weighted by atomic mass is 16.3. The first kappa shape index (κ1) is 14.3. The number of hydrogen-bond acceptors (Lipinski definition) is 2. The Kier molecular flexibility index (Phi) is 7.02. The highest BCUT2D eigenvalue weighted by Gasteiger charge is 2.11. The lowest BCUT2D eigenvalue weighted by Crippen LogP contribution is -2.20. The molecule has 0 spiro atoms. The Labute approximate surface area is 106 Å². The maximum absolute atomic E-state index is 5.40. The maximum Gasteiger partial charge on any atom is 0.101 e. The summed E-state index contributed by atoms with van der Waals surface area (Å²) in [6, 6.07) is 2.62. The molecule has 1 atom stereocenters. The minimum atomic E-state index is 0.471. The lowest BCUT2D eigenvalue weighted by molar-refractivity contribution is 0.469. The van der Waals surface area contributed by atoms with Gasteiger partial charge < -0.3 is 9.73 Å². The van der Waals surface area contributed by atoms with Crippen LogP contribution < -0.4 is 5.32 Å². The molecule has 1 N–H and O–H groups in total. The fourth-order valence-electron chi connectivity index (χ4n) is 2.23. The van der Waals surface area contributed by atoms with Gasteiger partial charge in [-0.2, -0.15) is 0 Å². The maximum atomic E-state index is 5.40. The first-order valence-corrected chi connectivity index (χ1v) is 7.06. The first-order chi connectivity index (χ1) is 8.27. The number of furan rings is 1. The summed E-state index contributed by atoms with van der Waals surface area (Å²) in [4.78, 5) is 0. The van der Waals surface area contributed by atoms with Crippen molar-refractivity contribution in [1.82, 2.24) is 5.32 Å². The van der Waals surface area contributed by atoms with E-state index in [-0.39, 0.29) is 0 Å². The van der Waals surface area contributed by atoms with E-state index in [1.54, 1.807) is 0 Å². The third-order valence-corrected chi connectivity index (χ3v) is 3.20. The third-order valence-electron chi connectivity index (χ3n) is 3.20. The summed E-state index contributed by atoms with van der Waals surface area (Å²) in [5.41, 5.74) is 1.31. The highest BCUT2D eigenvalue weighted by Crippen LogP contribution is 2.22. The summed E-state index contributed by atoms with van der Waals surface area (Å²) in [6.07, 6.45) is 9.84. The van der Waals surface area contributed by atoms with E-state index >= 15 is 0 Å². The van der Waals surface area contributed by atoms with Crippen molar-refractivity contribution in [2.45, 2.75) is 65.3 Å². The van der Waals surface area contributed by atoms with Crippen molar-refractivity contribution in [3.63, 3.8) is 0 Å². The molecule has 0 fully saturated rings. The zero-order valence-corrected chi connectivity index (χ0v) is 11.6. The van der Waals surface area contributed by atoms with Crippen LogP contribution in [-0.4, -0.2) is 6.54 Å². The van der Waals surface area contributed by atoms with E-state index in [1.165, 1.54) is 44.1 Å². The van der Waals surface area contributed by atoms with E-state index < -0.39 is 0 Å². The molecule has 0 bridgehead atoms. The van der Waals surface area contributed by atoms with Crippen molar-refractivity contribution in [2.24, 2.45) is 0 Å². The number of nitrogens with one attached hydrogen (secondary N) is 1. The average molecular weight is 237 g/mol. The molecule has 1 aromatic rings. The predicted molar refractivity (Wildman–Crippen MR) is 73.2 cm³/mol. The largest absolute Gasteiger partial charge is 0.469 e. The fourth-order valence-corrected chi connectivity index (χ4v) is 2.23. The summed E-state index contributed by atoms with van der Waals surface area (Å²) in [6.45, 7) is 7.45. The van der Waals surface area contributed by atoms with E-state index in [1.807, 2.05) is 13.2 Å². The van der Waals surface area contributed by atoms with Crippen molar-refractivity contribution in [1.29, 1.82) is 0 Å². The SMILES string of the molecule is CCCCCCCC(NCC)c1coc(C)c1. The minimum Gasteiger partial charge on any atom is -0.469 e. The molecule has 0 aromatic carbocycles. The lowest BCUT2D eigenvalue weighted by Gasteiger charge is -2.16. The smallest absolute Gasteiger partial charge is 0.101 e. The monoisotopic (exact) mass is 237 g/mol. The van der Waals surface area contributed by atoms with Crippen LogP contribution in [0.1, 0.15) is 69.7 Å². The second-order valence-electron chi connectivity index (χ2n) is 4.80. The van der Waals surface area contributed by atoms with Crippen LogP contribution in [0.3, 0.4) is 0 Å². The Morgan fingerprint density at radius 3 is 2.53 bits per heavy atom. The van der Waals surface area contributed by atoms with Gasteiger partial charge in [-0.3, -0.25) is 0 Å². The molecule has 0 radical (unpaired) electrons. The van der Waals surface area contributed by atoms with Crippen molar-refractivity contribution in [3.05, 3.63) is 23.7 Å². The molecule has 0 aliphatic carbocycles. The van der Waals surface area contributed by atoms with Crippen LogP contribution in [0.2, 0.25) is 0 Å². The molecule has 98 valence electrons. The van der Waals surface area contributed by atoms with Gasteiger partial charge in [0.25, 0.3) is 0 Å².